The second kappa shape index (κ2) is 5.40. The smallest absolute Gasteiger partial charge is 0.354 e. The van der Waals surface area contributed by atoms with Crippen molar-refractivity contribution in [2.45, 2.75) is 0 Å². The number of rotatable bonds is 3. The van der Waals surface area contributed by atoms with Crippen LogP contribution in [-0.2, 0) is 0 Å². The molecule has 0 aliphatic carbocycles. The molecular weight excluding hydrogens is 260 g/mol. The van der Waals surface area contributed by atoms with E-state index < -0.39 is 5.97 Å². The first-order chi connectivity index (χ1) is 9.49. The minimum absolute atomic E-state index is 0.0445. The van der Waals surface area contributed by atoms with Gasteiger partial charge in [0, 0.05) is 30.6 Å². The van der Waals surface area contributed by atoms with E-state index in [1.807, 2.05) is 0 Å². The molecule has 0 aliphatic heterocycles. The third-order valence-corrected chi connectivity index (χ3v) is 2.75. The molecule has 1 heterocycles. The van der Waals surface area contributed by atoms with Gasteiger partial charge in [0.25, 0.3) is 5.91 Å². The lowest BCUT2D eigenvalue weighted by Gasteiger charge is -2.17. The van der Waals surface area contributed by atoms with Crippen LogP contribution in [0.4, 0.5) is 5.69 Å². The second-order valence-electron chi connectivity index (χ2n) is 4.12. The van der Waals surface area contributed by atoms with Crippen molar-refractivity contribution in [3.05, 3.63) is 53.9 Å². The largest absolute Gasteiger partial charge is 0.508 e. The number of carbonyl (C=O) groups excluding carboxylic acids is 1. The summed E-state index contributed by atoms with van der Waals surface area (Å²) < 4.78 is 0. The number of phenols is 1. The third kappa shape index (κ3) is 2.74. The molecule has 102 valence electrons. The molecule has 1 aromatic heterocycles. The Morgan fingerprint density at radius 1 is 1.20 bits per heavy atom. The van der Waals surface area contributed by atoms with Crippen LogP contribution in [0.15, 0.2) is 42.6 Å². The summed E-state index contributed by atoms with van der Waals surface area (Å²) in [5.74, 6) is -1.54. The van der Waals surface area contributed by atoms with Crippen molar-refractivity contribution in [1.29, 1.82) is 0 Å². The van der Waals surface area contributed by atoms with E-state index in [1.54, 1.807) is 12.1 Å². The quantitative estimate of drug-likeness (QED) is 0.888. The Labute approximate surface area is 114 Å². The van der Waals surface area contributed by atoms with Gasteiger partial charge in [-0.25, -0.2) is 9.78 Å². The SMILES string of the molecule is CN(C(=O)c1ccnc(C(=O)O)c1)c1cccc(O)c1. The summed E-state index contributed by atoms with van der Waals surface area (Å²) in [5, 5.41) is 18.3. The highest BCUT2D eigenvalue weighted by Gasteiger charge is 2.16. The molecule has 0 fully saturated rings. The van der Waals surface area contributed by atoms with E-state index in [1.165, 1.54) is 42.4 Å². The minimum atomic E-state index is -1.19. The summed E-state index contributed by atoms with van der Waals surface area (Å²) in [4.78, 5) is 28.1. The number of amides is 1. The Balaban J connectivity index is 2.31. The number of aromatic nitrogens is 1. The second-order valence-corrected chi connectivity index (χ2v) is 4.12. The van der Waals surface area contributed by atoms with Crippen LogP contribution >= 0.6 is 0 Å². The van der Waals surface area contributed by atoms with E-state index in [9.17, 15) is 14.7 Å². The fraction of sp³-hybridized carbons (Fsp3) is 0.0714. The number of carboxylic acids is 1. The van der Waals surface area contributed by atoms with Crippen LogP contribution in [0.1, 0.15) is 20.8 Å². The van der Waals surface area contributed by atoms with Gasteiger partial charge in [-0.2, -0.15) is 0 Å². The minimum Gasteiger partial charge on any atom is -0.508 e. The average Bonchev–Trinajstić information content (AvgIpc) is 2.45. The fourth-order valence-corrected chi connectivity index (χ4v) is 1.69. The molecule has 0 unspecified atom stereocenters. The van der Waals surface area contributed by atoms with Crippen LogP contribution in [0.3, 0.4) is 0 Å². The van der Waals surface area contributed by atoms with E-state index in [4.69, 9.17) is 5.11 Å². The molecule has 0 aliphatic rings. The van der Waals surface area contributed by atoms with Crippen LogP contribution < -0.4 is 4.90 Å². The van der Waals surface area contributed by atoms with Crippen LogP contribution in [0.25, 0.3) is 0 Å². The number of benzene rings is 1. The number of aromatic carboxylic acids is 1. The number of phenolic OH excluding ortho intramolecular Hbond substituents is 1. The summed E-state index contributed by atoms with van der Waals surface area (Å²) in [6, 6.07) is 8.87. The summed E-state index contributed by atoms with van der Waals surface area (Å²) >= 11 is 0. The highest BCUT2D eigenvalue weighted by Crippen LogP contribution is 2.20. The number of hydrogen-bond acceptors (Lipinski definition) is 4. The lowest BCUT2D eigenvalue weighted by molar-refractivity contribution is 0.0690. The number of aromatic hydroxyl groups is 1. The molecule has 20 heavy (non-hydrogen) atoms. The molecule has 6 heteroatoms. The van der Waals surface area contributed by atoms with Gasteiger partial charge in [0.15, 0.2) is 0 Å². The third-order valence-electron chi connectivity index (χ3n) is 2.75. The number of nitrogens with zero attached hydrogens (tertiary/aromatic N) is 2. The first kappa shape index (κ1) is 13.5. The van der Waals surface area contributed by atoms with Crippen LogP contribution in [0.2, 0.25) is 0 Å². The molecule has 2 aromatic rings. The maximum atomic E-state index is 12.3. The van der Waals surface area contributed by atoms with Gasteiger partial charge in [-0.3, -0.25) is 4.79 Å². The van der Waals surface area contributed by atoms with E-state index in [0.717, 1.165) is 0 Å². The summed E-state index contributed by atoms with van der Waals surface area (Å²) in [6.07, 6.45) is 1.27. The number of carbonyl (C=O) groups is 2. The average molecular weight is 272 g/mol. The molecule has 0 radical (unpaired) electrons. The molecule has 2 rings (SSSR count). The predicted molar refractivity (Wildman–Crippen MR) is 72.0 cm³/mol. The molecule has 2 N–H and O–H groups in total. The Bertz CT molecular complexity index is 670. The summed E-state index contributed by atoms with van der Waals surface area (Å²) in [5.41, 5.74) is 0.520. The molecule has 0 bridgehead atoms. The van der Waals surface area contributed by atoms with E-state index >= 15 is 0 Å². The van der Waals surface area contributed by atoms with Gasteiger partial charge in [-0.15, -0.1) is 0 Å². The van der Waals surface area contributed by atoms with Crippen molar-refractivity contribution in [2.75, 3.05) is 11.9 Å². The zero-order valence-electron chi connectivity index (χ0n) is 10.6. The molecule has 0 saturated carbocycles. The topological polar surface area (TPSA) is 90.7 Å². The summed E-state index contributed by atoms with van der Waals surface area (Å²) in [6.45, 7) is 0. The van der Waals surface area contributed by atoms with Crippen LogP contribution in [0.5, 0.6) is 5.75 Å². The lowest BCUT2D eigenvalue weighted by atomic mass is 10.2. The zero-order valence-corrected chi connectivity index (χ0v) is 10.6. The molecular formula is C14H12N2O4. The Kier molecular flexibility index (Phi) is 3.65. The number of hydrogen-bond donors (Lipinski definition) is 2. The molecule has 0 spiro atoms. The van der Waals surface area contributed by atoms with Crippen molar-refractivity contribution in [2.24, 2.45) is 0 Å². The van der Waals surface area contributed by atoms with Gasteiger partial charge < -0.3 is 15.1 Å². The maximum Gasteiger partial charge on any atom is 0.354 e. The molecule has 0 saturated heterocycles. The lowest BCUT2D eigenvalue weighted by Crippen LogP contribution is -2.26. The van der Waals surface area contributed by atoms with E-state index in [-0.39, 0.29) is 22.9 Å². The normalized spacial score (nSPS) is 10.1. The predicted octanol–water partition coefficient (Wildman–Crippen LogP) is 1.76. The van der Waals surface area contributed by atoms with Gasteiger partial charge in [-0.05, 0) is 24.3 Å². The number of anilines is 1. The van der Waals surface area contributed by atoms with Gasteiger partial charge in [-0.1, -0.05) is 6.07 Å². The van der Waals surface area contributed by atoms with E-state index in [2.05, 4.69) is 4.98 Å². The van der Waals surface area contributed by atoms with Gasteiger partial charge >= 0.3 is 5.97 Å². The molecule has 1 amide bonds. The van der Waals surface area contributed by atoms with Crippen molar-refractivity contribution in [3.8, 4) is 5.75 Å². The Morgan fingerprint density at radius 2 is 1.95 bits per heavy atom. The van der Waals surface area contributed by atoms with Gasteiger partial charge in [0.05, 0.1) is 0 Å². The first-order valence-corrected chi connectivity index (χ1v) is 5.75. The van der Waals surface area contributed by atoms with Crippen molar-refractivity contribution in [1.82, 2.24) is 4.98 Å². The first-order valence-electron chi connectivity index (χ1n) is 5.75. The monoisotopic (exact) mass is 272 g/mol. The highest BCUT2D eigenvalue weighted by atomic mass is 16.4. The molecule has 6 nitrogen and oxygen atoms in total. The maximum absolute atomic E-state index is 12.3. The highest BCUT2D eigenvalue weighted by molar-refractivity contribution is 6.06. The van der Waals surface area contributed by atoms with E-state index in [0.29, 0.717) is 5.69 Å². The molecule has 0 atom stereocenters. The van der Waals surface area contributed by atoms with Crippen molar-refractivity contribution >= 4 is 17.6 Å². The van der Waals surface area contributed by atoms with Gasteiger partial charge in [0.1, 0.15) is 11.4 Å². The van der Waals surface area contributed by atoms with Crippen molar-refractivity contribution < 1.29 is 19.8 Å². The fourth-order valence-electron chi connectivity index (χ4n) is 1.69. The standard InChI is InChI=1S/C14H12N2O4/c1-16(10-3-2-4-11(17)8-10)13(18)9-5-6-15-12(7-9)14(19)20/h2-8,17H,1H3,(H,19,20). The van der Waals surface area contributed by atoms with Crippen molar-refractivity contribution in [3.63, 3.8) is 0 Å². The zero-order chi connectivity index (χ0) is 14.7. The molecule has 1 aromatic carbocycles. The Morgan fingerprint density at radius 3 is 2.60 bits per heavy atom. The number of pyridine rings is 1. The van der Waals surface area contributed by atoms with Crippen LogP contribution in [-0.4, -0.2) is 34.1 Å². The summed E-state index contributed by atoms with van der Waals surface area (Å²) in [7, 11) is 1.54. The number of carboxylic acid groups (broad SMARTS) is 1. The van der Waals surface area contributed by atoms with Crippen LogP contribution in [0, 0.1) is 0 Å². The van der Waals surface area contributed by atoms with Gasteiger partial charge in [0.2, 0.25) is 0 Å². The Hall–Kier alpha value is -2.89.